The molecule has 1 N–H and O–H groups in total. The molecular formula is C10H14N5O2S+. The monoisotopic (exact) mass is 268 g/mol. The highest BCUT2D eigenvalue weighted by molar-refractivity contribution is 7.12. The van der Waals surface area contributed by atoms with Gasteiger partial charge in [0.15, 0.2) is 10.3 Å². The first kappa shape index (κ1) is 11.7. The fourth-order valence-corrected chi connectivity index (χ4v) is 2.57. The molecule has 1 aliphatic heterocycles. The van der Waals surface area contributed by atoms with Crippen LogP contribution in [0.5, 0.6) is 0 Å². The predicted molar refractivity (Wildman–Crippen MR) is 65.9 cm³/mol. The number of aromatic nitrogens is 4. The molecular weight excluding hydrogens is 254 g/mol. The van der Waals surface area contributed by atoms with Crippen molar-refractivity contribution in [3.05, 3.63) is 16.7 Å². The quantitative estimate of drug-likeness (QED) is 0.708. The highest BCUT2D eigenvalue weighted by Crippen LogP contribution is 2.05. The number of rotatable bonds is 3. The molecule has 0 aliphatic carbocycles. The number of quaternary nitrogens is 1. The van der Waals surface area contributed by atoms with Crippen LogP contribution in [0.4, 0.5) is 0 Å². The summed E-state index contributed by atoms with van der Waals surface area (Å²) < 4.78 is 10.7. The van der Waals surface area contributed by atoms with Crippen LogP contribution in [0.15, 0.2) is 11.1 Å². The summed E-state index contributed by atoms with van der Waals surface area (Å²) in [5, 5.41) is 3.82. The van der Waals surface area contributed by atoms with E-state index in [1.807, 2.05) is 0 Å². The van der Waals surface area contributed by atoms with Gasteiger partial charge in [-0.05, 0) is 0 Å². The molecule has 2 aromatic rings. The van der Waals surface area contributed by atoms with Gasteiger partial charge in [0.25, 0.3) is 5.56 Å². The van der Waals surface area contributed by atoms with Crippen molar-refractivity contribution < 1.29 is 9.64 Å². The van der Waals surface area contributed by atoms with Gasteiger partial charge in [-0.15, -0.1) is 5.10 Å². The van der Waals surface area contributed by atoms with Crippen LogP contribution in [-0.2, 0) is 11.3 Å². The Morgan fingerprint density at radius 1 is 1.44 bits per heavy atom. The van der Waals surface area contributed by atoms with Crippen LogP contribution in [0.1, 0.15) is 0 Å². The maximum absolute atomic E-state index is 12.1. The fourth-order valence-electron chi connectivity index (χ4n) is 2.06. The fraction of sp³-hybridized carbons (Fsp3) is 0.600. The summed E-state index contributed by atoms with van der Waals surface area (Å²) >= 11 is 1.15. The number of nitrogens with zero attached hydrogens (tertiary/aromatic N) is 4. The maximum atomic E-state index is 12.1. The Morgan fingerprint density at radius 2 is 2.28 bits per heavy atom. The Kier molecular flexibility index (Phi) is 3.31. The molecule has 0 aromatic carbocycles. The smallest absolute Gasteiger partial charge is 0.282 e. The van der Waals surface area contributed by atoms with E-state index in [2.05, 4.69) is 14.6 Å². The molecule has 0 spiro atoms. The lowest BCUT2D eigenvalue weighted by atomic mass is 10.4. The number of hydrogen-bond acceptors (Lipinski definition) is 6. The van der Waals surface area contributed by atoms with Crippen LogP contribution >= 0.6 is 11.5 Å². The highest BCUT2D eigenvalue weighted by Gasteiger charge is 2.14. The number of fused-ring (bicyclic) bond motifs is 1. The molecule has 3 rings (SSSR count). The second-order valence-corrected chi connectivity index (χ2v) is 5.01. The first-order valence-corrected chi connectivity index (χ1v) is 6.71. The van der Waals surface area contributed by atoms with Crippen molar-refractivity contribution in [2.75, 3.05) is 32.8 Å². The van der Waals surface area contributed by atoms with Gasteiger partial charge in [0.1, 0.15) is 13.1 Å². The minimum Gasteiger partial charge on any atom is -0.370 e. The minimum absolute atomic E-state index is 0.0959. The van der Waals surface area contributed by atoms with E-state index in [0.717, 1.165) is 44.4 Å². The standard InChI is InChI=1S/C10H13N5O2S/c16-10-8-9(18-13-12-8)11-7-15(10)2-1-14-3-5-17-6-4-14/h7H,1-6H2/p+1. The Labute approximate surface area is 107 Å². The summed E-state index contributed by atoms with van der Waals surface area (Å²) in [6, 6.07) is 0. The summed E-state index contributed by atoms with van der Waals surface area (Å²) in [6.45, 7) is 5.18. The van der Waals surface area contributed by atoms with Crippen molar-refractivity contribution >= 4 is 21.9 Å². The summed E-state index contributed by atoms with van der Waals surface area (Å²) in [4.78, 5) is 18.3. The molecule has 3 heterocycles. The second-order valence-electron chi connectivity index (χ2n) is 4.28. The molecule has 0 amide bonds. The lowest BCUT2D eigenvalue weighted by Crippen LogP contribution is -3.14. The van der Waals surface area contributed by atoms with E-state index in [9.17, 15) is 4.79 Å². The van der Waals surface area contributed by atoms with Crippen LogP contribution in [0.2, 0.25) is 0 Å². The topological polar surface area (TPSA) is 74.3 Å². The third kappa shape index (κ3) is 2.26. The van der Waals surface area contributed by atoms with Crippen LogP contribution < -0.4 is 10.5 Å². The Balaban J connectivity index is 1.74. The van der Waals surface area contributed by atoms with Gasteiger partial charge >= 0.3 is 0 Å². The molecule has 1 fully saturated rings. The number of hydrogen-bond donors (Lipinski definition) is 1. The first-order valence-electron chi connectivity index (χ1n) is 5.93. The van der Waals surface area contributed by atoms with Crippen LogP contribution in [-0.4, -0.2) is 52.0 Å². The van der Waals surface area contributed by atoms with Crippen molar-refractivity contribution in [2.45, 2.75) is 6.54 Å². The third-order valence-electron chi connectivity index (χ3n) is 3.15. The van der Waals surface area contributed by atoms with E-state index in [0.29, 0.717) is 16.9 Å². The Hall–Kier alpha value is -1.38. The zero-order chi connectivity index (χ0) is 12.4. The Morgan fingerprint density at radius 3 is 3.11 bits per heavy atom. The molecule has 0 saturated carbocycles. The van der Waals surface area contributed by atoms with Crippen molar-refractivity contribution in [3.8, 4) is 0 Å². The molecule has 18 heavy (non-hydrogen) atoms. The lowest BCUT2D eigenvalue weighted by molar-refractivity contribution is -0.908. The minimum atomic E-state index is -0.0959. The van der Waals surface area contributed by atoms with Crippen LogP contribution in [0, 0.1) is 0 Å². The van der Waals surface area contributed by atoms with E-state index in [-0.39, 0.29) is 5.56 Å². The highest BCUT2D eigenvalue weighted by atomic mass is 32.1. The first-order chi connectivity index (χ1) is 8.84. The SMILES string of the molecule is O=c1c2nnsc2ncn1CC[NH+]1CCOCC1. The number of morpholine rings is 1. The van der Waals surface area contributed by atoms with E-state index >= 15 is 0 Å². The summed E-state index contributed by atoms with van der Waals surface area (Å²) in [5.41, 5.74) is 0.279. The van der Waals surface area contributed by atoms with Gasteiger partial charge in [0, 0.05) is 11.5 Å². The summed E-state index contributed by atoms with van der Waals surface area (Å²) in [7, 11) is 0. The maximum Gasteiger partial charge on any atom is 0.282 e. The normalized spacial score (nSPS) is 17.3. The van der Waals surface area contributed by atoms with E-state index in [1.165, 1.54) is 4.90 Å². The molecule has 8 heteroatoms. The summed E-state index contributed by atoms with van der Waals surface area (Å²) in [6.07, 6.45) is 1.59. The summed E-state index contributed by atoms with van der Waals surface area (Å²) in [5.74, 6) is 0. The van der Waals surface area contributed by atoms with Gasteiger partial charge in [-0.3, -0.25) is 9.36 Å². The molecule has 0 atom stereocenters. The van der Waals surface area contributed by atoms with E-state index in [4.69, 9.17) is 4.74 Å². The van der Waals surface area contributed by atoms with Crippen molar-refractivity contribution in [1.82, 2.24) is 19.1 Å². The molecule has 7 nitrogen and oxygen atoms in total. The predicted octanol–water partition coefficient (Wildman–Crippen LogP) is -1.84. The molecule has 0 radical (unpaired) electrons. The average molecular weight is 268 g/mol. The second kappa shape index (κ2) is 5.09. The van der Waals surface area contributed by atoms with Crippen LogP contribution in [0.3, 0.4) is 0 Å². The van der Waals surface area contributed by atoms with E-state index in [1.54, 1.807) is 10.9 Å². The van der Waals surface area contributed by atoms with Crippen molar-refractivity contribution in [3.63, 3.8) is 0 Å². The van der Waals surface area contributed by atoms with Gasteiger partial charge in [0.2, 0.25) is 0 Å². The lowest BCUT2D eigenvalue weighted by Gasteiger charge is -2.23. The van der Waals surface area contributed by atoms with E-state index < -0.39 is 0 Å². The zero-order valence-corrected chi connectivity index (χ0v) is 10.7. The van der Waals surface area contributed by atoms with Gasteiger partial charge in [-0.1, -0.05) is 4.49 Å². The number of nitrogens with one attached hydrogen (secondary N) is 1. The largest absolute Gasteiger partial charge is 0.370 e. The molecule has 2 aromatic heterocycles. The Bertz CT molecular complexity index is 589. The molecule has 96 valence electrons. The van der Waals surface area contributed by atoms with Gasteiger partial charge < -0.3 is 9.64 Å². The van der Waals surface area contributed by atoms with Crippen LogP contribution in [0.25, 0.3) is 10.3 Å². The zero-order valence-electron chi connectivity index (χ0n) is 9.83. The molecule has 0 bridgehead atoms. The average Bonchev–Trinajstić information content (AvgIpc) is 2.88. The third-order valence-corrected chi connectivity index (χ3v) is 3.79. The van der Waals surface area contributed by atoms with Gasteiger partial charge in [-0.2, -0.15) is 0 Å². The van der Waals surface area contributed by atoms with Gasteiger partial charge in [-0.25, -0.2) is 4.98 Å². The molecule has 1 saturated heterocycles. The van der Waals surface area contributed by atoms with Gasteiger partial charge in [0.05, 0.1) is 32.6 Å². The molecule has 0 unspecified atom stereocenters. The van der Waals surface area contributed by atoms with Crippen molar-refractivity contribution in [2.24, 2.45) is 0 Å². The van der Waals surface area contributed by atoms with Crippen molar-refractivity contribution in [1.29, 1.82) is 0 Å². The molecule has 1 aliphatic rings. The number of ether oxygens (including phenoxy) is 1.